The van der Waals surface area contributed by atoms with Gasteiger partial charge < -0.3 is 15.2 Å². The molecule has 104 valence electrons. The maximum atomic E-state index is 6.35. The number of benzene rings is 1. The quantitative estimate of drug-likeness (QED) is 0.900. The van der Waals surface area contributed by atoms with Crippen LogP contribution >= 0.6 is 11.6 Å². The van der Waals surface area contributed by atoms with Gasteiger partial charge in [-0.2, -0.15) is 0 Å². The summed E-state index contributed by atoms with van der Waals surface area (Å²) in [7, 11) is 0. The Morgan fingerprint density at radius 1 is 1.21 bits per heavy atom. The van der Waals surface area contributed by atoms with Gasteiger partial charge in [-0.25, -0.2) is 0 Å². The van der Waals surface area contributed by atoms with Gasteiger partial charge in [0.1, 0.15) is 0 Å². The van der Waals surface area contributed by atoms with Gasteiger partial charge >= 0.3 is 0 Å². The molecule has 19 heavy (non-hydrogen) atoms. The first kappa shape index (κ1) is 13.1. The maximum Gasteiger partial charge on any atom is 0.246 e. The second kappa shape index (κ2) is 4.29. The van der Waals surface area contributed by atoms with Crippen LogP contribution in [0.15, 0.2) is 12.1 Å². The molecule has 3 nitrogen and oxygen atoms in total. The summed E-state index contributed by atoms with van der Waals surface area (Å²) >= 11 is 6.35. The fourth-order valence-corrected chi connectivity index (χ4v) is 3.49. The van der Waals surface area contributed by atoms with E-state index >= 15 is 0 Å². The number of hydrogen-bond acceptors (Lipinski definition) is 3. The number of fused-ring (bicyclic) bond motifs is 1. The summed E-state index contributed by atoms with van der Waals surface area (Å²) < 4.78 is 11.5. The molecule has 2 aliphatic rings. The minimum Gasteiger partial charge on any atom is -0.449 e. The van der Waals surface area contributed by atoms with Crippen LogP contribution < -0.4 is 15.2 Å². The number of nitrogens with two attached hydrogens (primary N) is 1. The van der Waals surface area contributed by atoms with E-state index in [-0.39, 0.29) is 5.41 Å². The van der Waals surface area contributed by atoms with Gasteiger partial charge in [0.05, 0.1) is 5.02 Å². The highest BCUT2D eigenvalue weighted by molar-refractivity contribution is 6.32. The van der Waals surface area contributed by atoms with E-state index in [9.17, 15) is 0 Å². The molecule has 3 rings (SSSR count). The second-order valence-corrected chi connectivity index (χ2v) is 6.49. The van der Waals surface area contributed by atoms with Crippen LogP contribution in [0, 0.1) is 0 Å². The fraction of sp³-hybridized carbons (Fsp3) is 0.600. The zero-order valence-electron chi connectivity index (χ0n) is 11.5. The van der Waals surface area contributed by atoms with Crippen molar-refractivity contribution in [2.24, 2.45) is 5.73 Å². The van der Waals surface area contributed by atoms with E-state index in [4.69, 9.17) is 26.8 Å². The van der Waals surface area contributed by atoms with Gasteiger partial charge in [0.25, 0.3) is 0 Å². The maximum absolute atomic E-state index is 6.35. The predicted octanol–water partition coefficient (Wildman–Crippen LogP) is 3.62. The summed E-state index contributed by atoms with van der Waals surface area (Å²) in [6.45, 7) is 4.43. The lowest BCUT2D eigenvalue weighted by atomic mass is 9.79. The van der Waals surface area contributed by atoms with E-state index in [1.165, 1.54) is 18.4 Å². The molecule has 0 spiro atoms. The first-order valence-electron chi connectivity index (χ1n) is 6.88. The molecule has 0 radical (unpaired) electrons. The molecular formula is C15H20ClNO2. The van der Waals surface area contributed by atoms with Crippen LogP contribution in [0.1, 0.15) is 45.1 Å². The molecule has 1 saturated carbocycles. The lowest BCUT2D eigenvalue weighted by molar-refractivity contribution is -0.0431. The van der Waals surface area contributed by atoms with E-state index in [1.54, 1.807) is 0 Å². The number of ether oxygens (including phenoxy) is 2. The third-order valence-electron chi connectivity index (χ3n) is 4.28. The van der Waals surface area contributed by atoms with Crippen LogP contribution in [0.5, 0.6) is 11.5 Å². The van der Waals surface area contributed by atoms with E-state index in [0.29, 0.717) is 17.3 Å². The average Bonchev–Trinajstić information content (AvgIpc) is 2.93. The van der Waals surface area contributed by atoms with Gasteiger partial charge in [0, 0.05) is 25.8 Å². The standard InChI is InChI=1S/C15H20ClNO2/c1-14(2)18-12-8-10(7-11(16)13(12)19-14)15(9-17)5-3-4-6-15/h7-8H,3-6,9,17H2,1-2H3. The summed E-state index contributed by atoms with van der Waals surface area (Å²) in [5, 5.41) is 0.623. The Bertz CT molecular complexity index is 507. The topological polar surface area (TPSA) is 44.5 Å². The van der Waals surface area contributed by atoms with E-state index in [0.717, 1.165) is 18.6 Å². The van der Waals surface area contributed by atoms with Crippen molar-refractivity contribution in [3.63, 3.8) is 0 Å². The highest BCUT2D eigenvalue weighted by Crippen LogP contribution is 2.49. The summed E-state index contributed by atoms with van der Waals surface area (Å²) in [5.74, 6) is 0.753. The predicted molar refractivity (Wildman–Crippen MR) is 76.0 cm³/mol. The SMILES string of the molecule is CC1(C)Oc2cc(C3(CN)CCCC3)cc(Cl)c2O1. The number of rotatable bonds is 2. The molecule has 0 unspecified atom stereocenters. The molecule has 1 aromatic rings. The first-order chi connectivity index (χ1) is 8.96. The van der Waals surface area contributed by atoms with Crippen molar-refractivity contribution in [2.75, 3.05) is 6.54 Å². The van der Waals surface area contributed by atoms with Gasteiger partial charge in [-0.3, -0.25) is 0 Å². The van der Waals surface area contributed by atoms with Crippen LogP contribution in [0.2, 0.25) is 5.02 Å². The summed E-state index contributed by atoms with van der Waals surface area (Å²) in [6.07, 6.45) is 4.72. The van der Waals surface area contributed by atoms with Crippen LogP contribution in [-0.2, 0) is 5.41 Å². The van der Waals surface area contributed by atoms with Gasteiger partial charge in [-0.1, -0.05) is 24.4 Å². The van der Waals surface area contributed by atoms with Gasteiger partial charge in [-0.15, -0.1) is 0 Å². The molecule has 0 aromatic heterocycles. The Labute approximate surface area is 119 Å². The molecule has 1 aliphatic carbocycles. The fourth-order valence-electron chi connectivity index (χ4n) is 3.24. The number of halogens is 1. The largest absolute Gasteiger partial charge is 0.449 e. The zero-order valence-corrected chi connectivity index (χ0v) is 12.2. The van der Waals surface area contributed by atoms with Crippen LogP contribution in [0.4, 0.5) is 0 Å². The molecule has 0 saturated heterocycles. The van der Waals surface area contributed by atoms with Crippen molar-refractivity contribution in [3.8, 4) is 11.5 Å². The lowest BCUT2D eigenvalue weighted by Crippen LogP contribution is -2.32. The van der Waals surface area contributed by atoms with Crippen molar-refractivity contribution in [3.05, 3.63) is 22.7 Å². The Morgan fingerprint density at radius 2 is 1.89 bits per heavy atom. The summed E-state index contributed by atoms with van der Waals surface area (Å²) in [5.41, 5.74) is 7.29. The Kier molecular flexibility index (Phi) is 2.95. The monoisotopic (exact) mass is 281 g/mol. The zero-order chi connectivity index (χ0) is 13.7. The van der Waals surface area contributed by atoms with Crippen LogP contribution in [-0.4, -0.2) is 12.3 Å². The Morgan fingerprint density at radius 3 is 2.53 bits per heavy atom. The van der Waals surface area contributed by atoms with Crippen molar-refractivity contribution in [1.82, 2.24) is 0 Å². The molecular weight excluding hydrogens is 262 g/mol. The van der Waals surface area contributed by atoms with Crippen molar-refractivity contribution in [2.45, 2.75) is 50.7 Å². The molecule has 0 bridgehead atoms. The van der Waals surface area contributed by atoms with Crippen molar-refractivity contribution >= 4 is 11.6 Å². The minimum atomic E-state index is -0.643. The van der Waals surface area contributed by atoms with Crippen LogP contribution in [0.25, 0.3) is 0 Å². The van der Waals surface area contributed by atoms with Gasteiger partial charge in [0.15, 0.2) is 11.5 Å². The summed E-state index contributed by atoms with van der Waals surface area (Å²) in [6, 6.07) is 4.07. The third-order valence-corrected chi connectivity index (χ3v) is 4.56. The molecule has 0 amide bonds. The highest BCUT2D eigenvalue weighted by Gasteiger charge is 2.39. The van der Waals surface area contributed by atoms with Crippen LogP contribution in [0.3, 0.4) is 0 Å². The minimum absolute atomic E-state index is 0.0642. The smallest absolute Gasteiger partial charge is 0.246 e. The molecule has 1 heterocycles. The van der Waals surface area contributed by atoms with Crippen molar-refractivity contribution in [1.29, 1.82) is 0 Å². The van der Waals surface area contributed by atoms with Gasteiger partial charge in [0.2, 0.25) is 5.79 Å². The molecule has 2 N–H and O–H groups in total. The lowest BCUT2D eigenvalue weighted by Gasteiger charge is -2.28. The average molecular weight is 282 g/mol. The third kappa shape index (κ3) is 2.09. The second-order valence-electron chi connectivity index (χ2n) is 6.08. The van der Waals surface area contributed by atoms with Gasteiger partial charge in [-0.05, 0) is 30.5 Å². The normalized spacial score (nSPS) is 22.7. The summed E-state index contributed by atoms with van der Waals surface area (Å²) in [4.78, 5) is 0. The Balaban J connectivity index is 2.04. The Hall–Kier alpha value is -0.930. The molecule has 1 aromatic carbocycles. The molecule has 0 atom stereocenters. The van der Waals surface area contributed by atoms with Crippen molar-refractivity contribution < 1.29 is 9.47 Å². The highest BCUT2D eigenvalue weighted by atomic mass is 35.5. The number of hydrogen-bond donors (Lipinski definition) is 1. The van der Waals surface area contributed by atoms with E-state index < -0.39 is 5.79 Å². The van der Waals surface area contributed by atoms with E-state index in [1.807, 2.05) is 19.9 Å². The molecule has 1 aliphatic heterocycles. The first-order valence-corrected chi connectivity index (χ1v) is 7.26. The van der Waals surface area contributed by atoms with E-state index in [2.05, 4.69) is 6.07 Å². The molecule has 4 heteroatoms. The molecule has 1 fully saturated rings.